The second kappa shape index (κ2) is 8.27. The van der Waals surface area contributed by atoms with Crippen molar-refractivity contribution in [1.82, 2.24) is 10.1 Å². The molecule has 0 aliphatic rings. The van der Waals surface area contributed by atoms with Crippen LogP contribution in [-0.4, -0.2) is 28.1 Å². The molecule has 1 heterocycles. The Morgan fingerprint density at radius 2 is 2.00 bits per heavy atom. The summed E-state index contributed by atoms with van der Waals surface area (Å²) in [5, 5.41) is 14.3. The molecule has 0 unspecified atom stereocenters. The second-order valence-electron chi connectivity index (χ2n) is 6.56. The first-order valence-corrected chi connectivity index (χ1v) is 9.01. The van der Waals surface area contributed by atoms with E-state index in [1.165, 1.54) is 0 Å². The summed E-state index contributed by atoms with van der Waals surface area (Å²) in [5.74, 6) is 0.465. The third-order valence-electron chi connectivity index (χ3n) is 4.43. The molecule has 1 atom stereocenters. The number of amides is 1. The second-order valence-corrected chi connectivity index (χ2v) is 6.96. The lowest BCUT2D eigenvalue weighted by molar-refractivity contribution is -0.130. The van der Waals surface area contributed by atoms with Crippen LogP contribution in [0.4, 0.5) is 0 Å². The van der Waals surface area contributed by atoms with Gasteiger partial charge in [-0.15, -0.1) is 0 Å². The van der Waals surface area contributed by atoms with E-state index in [1.54, 1.807) is 36.2 Å². The predicted molar refractivity (Wildman–Crippen MR) is 104 cm³/mol. The largest absolute Gasteiger partial charge is 0.508 e. The van der Waals surface area contributed by atoms with Crippen LogP contribution >= 0.6 is 11.6 Å². The van der Waals surface area contributed by atoms with Gasteiger partial charge in [0.2, 0.25) is 5.91 Å². The molecule has 1 amide bonds. The minimum absolute atomic E-state index is 0.0580. The highest BCUT2D eigenvalue weighted by atomic mass is 35.5. The van der Waals surface area contributed by atoms with Crippen molar-refractivity contribution in [3.05, 3.63) is 82.2 Å². The molecule has 3 aromatic rings. The average molecular weight is 385 g/mol. The number of carbonyl (C=O) groups is 1. The zero-order valence-electron chi connectivity index (χ0n) is 15.2. The number of aromatic nitrogens is 1. The van der Waals surface area contributed by atoms with Crippen molar-refractivity contribution in [2.75, 3.05) is 7.05 Å². The summed E-state index contributed by atoms with van der Waals surface area (Å²) in [5.41, 5.74) is 2.46. The molecule has 0 spiro atoms. The van der Waals surface area contributed by atoms with Gasteiger partial charge in [-0.05, 0) is 36.2 Å². The summed E-state index contributed by atoms with van der Waals surface area (Å²) < 4.78 is 5.20. The van der Waals surface area contributed by atoms with Crippen LogP contribution in [0.5, 0.6) is 5.75 Å². The number of hydrogen-bond acceptors (Lipinski definition) is 4. The van der Waals surface area contributed by atoms with E-state index in [1.807, 2.05) is 37.3 Å². The van der Waals surface area contributed by atoms with Gasteiger partial charge in [0, 0.05) is 30.5 Å². The van der Waals surface area contributed by atoms with Gasteiger partial charge in [-0.2, -0.15) is 0 Å². The van der Waals surface area contributed by atoms with Gasteiger partial charge in [0.15, 0.2) is 5.76 Å². The summed E-state index contributed by atoms with van der Waals surface area (Å²) in [6.45, 7) is 2.18. The maximum atomic E-state index is 12.9. The summed E-state index contributed by atoms with van der Waals surface area (Å²) in [4.78, 5) is 14.5. The zero-order chi connectivity index (χ0) is 19.4. The fraction of sp³-hybridized carbons (Fsp3) is 0.238. The highest BCUT2D eigenvalue weighted by Crippen LogP contribution is 2.34. The van der Waals surface area contributed by atoms with Crippen LogP contribution in [0.2, 0.25) is 5.02 Å². The summed E-state index contributed by atoms with van der Waals surface area (Å²) >= 11 is 6.39. The zero-order valence-corrected chi connectivity index (χ0v) is 16.0. The van der Waals surface area contributed by atoms with Crippen LogP contribution in [0, 0.1) is 6.92 Å². The molecule has 1 N–H and O–H groups in total. The van der Waals surface area contributed by atoms with Gasteiger partial charge in [0.1, 0.15) is 5.75 Å². The molecule has 6 heteroatoms. The molecule has 3 rings (SSSR count). The lowest BCUT2D eigenvalue weighted by Gasteiger charge is -2.22. The molecule has 5 nitrogen and oxygen atoms in total. The first kappa shape index (κ1) is 19.0. The van der Waals surface area contributed by atoms with Crippen LogP contribution in [0.25, 0.3) is 0 Å². The highest BCUT2D eigenvalue weighted by molar-refractivity contribution is 6.31. The van der Waals surface area contributed by atoms with Crippen molar-refractivity contribution >= 4 is 17.5 Å². The molecule has 1 aromatic heterocycles. The number of aryl methyl sites for hydroxylation is 1. The monoisotopic (exact) mass is 384 g/mol. The maximum absolute atomic E-state index is 12.9. The fourth-order valence-corrected chi connectivity index (χ4v) is 3.32. The number of carbonyl (C=O) groups excluding carboxylic acids is 1. The van der Waals surface area contributed by atoms with E-state index in [-0.39, 0.29) is 24.0 Å². The molecule has 0 saturated heterocycles. The predicted octanol–water partition coefficient (Wildman–Crippen LogP) is 4.52. The molecule has 140 valence electrons. The average Bonchev–Trinajstić information content (AvgIpc) is 3.05. The van der Waals surface area contributed by atoms with Gasteiger partial charge in [-0.3, -0.25) is 4.79 Å². The summed E-state index contributed by atoms with van der Waals surface area (Å²) in [6.07, 6.45) is 0.219. The molecule has 0 saturated carbocycles. The lowest BCUT2D eigenvalue weighted by atomic mass is 9.88. The summed E-state index contributed by atoms with van der Waals surface area (Å²) in [7, 11) is 1.73. The molecule has 0 aliphatic heterocycles. The SMILES string of the molecule is Cc1cc(CN(C)C(=O)C[C@H](c2cccc(O)c2)c2ccccc2Cl)on1. The maximum Gasteiger partial charge on any atom is 0.223 e. The summed E-state index contributed by atoms with van der Waals surface area (Å²) in [6, 6.07) is 16.2. The van der Waals surface area contributed by atoms with Crippen molar-refractivity contribution in [2.24, 2.45) is 0 Å². The van der Waals surface area contributed by atoms with Crippen molar-refractivity contribution in [2.45, 2.75) is 25.8 Å². The molecule has 2 aromatic carbocycles. The minimum atomic E-state index is -0.266. The van der Waals surface area contributed by atoms with E-state index in [0.29, 0.717) is 17.3 Å². The van der Waals surface area contributed by atoms with Crippen LogP contribution in [0.15, 0.2) is 59.1 Å². The van der Waals surface area contributed by atoms with Gasteiger partial charge >= 0.3 is 0 Å². The Bertz CT molecular complexity index is 938. The molecular formula is C21H21ClN2O3. The molecule has 27 heavy (non-hydrogen) atoms. The third-order valence-corrected chi connectivity index (χ3v) is 4.77. The Balaban J connectivity index is 1.85. The van der Waals surface area contributed by atoms with E-state index in [0.717, 1.165) is 16.8 Å². The molecule has 0 aliphatic carbocycles. The van der Waals surface area contributed by atoms with Crippen LogP contribution in [-0.2, 0) is 11.3 Å². The molecule has 0 fully saturated rings. The minimum Gasteiger partial charge on any atom is -0.508 e. The Kier molecular flexibility index (Phi) is 5.81. The van der Waals surface area contributed by atoms with E-state index in [2.05, 4.69) is 5.16 Å². The normalized spacial score (nSPS) is 12.0. The van der Waals surface area contributed by atoms with E-state index >= 15 is 0 Å². The van der Waals surface area contributed by atoms with Crippen LogP contribution in [0.1, 0.15) is 34.9 Å². The van der Waals surface area contributed by atoms with Crippen molar-refractivity contribution in [1.29, 1.82) is 0 Å². The van der Waals surface area contributed by atoms with Gasteiger partial charge in [0.25, 0.3) is 0 Å². The smallest absolute Gasteiger partial charge is 0.223 e. The number of halogens is 1. The number of phenolic OH excluding ortho intramolecular Hbond substituents is 1. The van der Waals surface area contributed by atoms with Crippen LogP contribution in [0.3, 0.4) is 0 Å². The fourth-order valence-electron chi connectivity index (χ4n) is 3.05. The van der Waals surface area contributed by atoms with Crippen molar-refractivity contribution in [3.63, 3.8) is 0 Å². The molecule has 0 bridgehead atoms. The van der Waals surface area contributed by atoms with Gasteiger partial charge in [-0.25, -0.2) is 0 Å². The Labute approximate surface area is 163 Å². The first-order valence-electron chi connectivity index (χ1n) is 8.63. The Morgan fingerprint density at radius 1 is 1.22 bits per heavy atom. The van der Waals surface area contributed by atoms with Gasteiger partial charge < -0.3 is 14.5 Å². The van der Waals surface area contributed by atoms with Crippen LogP contribution < -0.4 is 0 Å². The van der Waals surface area contributed by atoms with Crippen molar-refractivity contribution < 1.29 is 14.4 Å². The number of nitrogens with zero attached hydrogens (tertiary/aromatic N) is 2. The Hall–Kier alpha value is -2.79. The van der Waals surface area contributed by atoms with E-state index in [9.17, 15) is 9.90 Å². The van der Waals surface area contributed by atoms with E-state index in [4.69, 9.17) is 16.1 Å². The first-order chi connectivity index (χ1) is 12.9. The number of aromatic hydroxyl groups is 1. The van der Waals surface area contributed by atoms with Gasteiger partial charge in [0.05, 0.1) is 12.2 Å². The molecule has 0 radical (unpaired) electrons. The number of benzene rings is 2. The number of hydrogen-bond donors (Lipinski definition) is 1. The molecular weight excluding hydrogens is 364 g/mol. The van der Waals surface area contributed by atoms with Crippen molar-refractivity contribution in [3.8, 4) is 5.75 Å². The lowest BCUT2D eigenvalue weighted by Crippen LogP contribution is -2.27. The van der Waals surface area contributed by atoms with E-state index < -0.39 is 0 Å². The standard InChI is InChI=1S/C21H21ClN2O3/c1-14-10-17(27-23-14)13-24(2)21(26)12-19(15-6-5-7-16(25)11-15)18-8-3-4-9-20(18)22/h3-11,19,25H,12-13H2,1-2H3/t19-/m1/s1. The third kappa shape index (κ3) is 4.68. The topological polar surface area (TPSA) is 66.6 Å². The number of phenols is 1. The number of rotatable bonds is 6. The highest BCUT2D eigenvalue weighted by Gasteiger charge is 2.23. The van der Waals surface area contributed by atoms with Gasteiger partial charge in [-0.1, -0.05) is 47.1 Å². The quantitative estimate of drug-likeness (QED) is 0.678. The Morgan fingerprint density at radius 3 is 2.67 bits per heavy atom.